The van der Waals surface area contributed by atoms with Gasteiger partial charge in [-0.1, -0.05) is 36.4 Å². The van der Waals surface area contributed by atoms with Gasteiger partial charge in [-0.15, -0.1) is 9.35 Å². The van der Waals surface area contributed by atoms with Crippen molar-refractivity contribution in [3.8, 4) is 0 Å². The molecule has 0 saturated heterocycles. The van der Waals surface area contributed by atoms with Crippen LogP contribution in [0, 0.1) is 5.82 Å². The van der Waals surface area contributed by atoms with Crippen LogP contribution in [0.1, 0.15) is 20.7 Å². The van der Waals surface area contributed by atoms with Gasteiger partial charge < -0.3 is 0 Å². The van der Waals surface area contributed by atoms with Crippen LogP contribution in [0.4, 0.5) is 4.39 Å². The summed E-state index contributed by atoms with van der Waals surface area (Å²) in [7, 11) is -4.72. The van der Waals surface area contributed by atoms with E-state index in [1.54, 1.807) is 24.3 Å². The third-order valence-electron chi connectivity index (χ3n) is 4.01. The van der Waals surface area contributed by atoms with E-state index in [2.05, 4.69) is 0 Å². The monoisotopic (exact) mass is 371 g/mol. The summed E-state index contributed by atoms with van der Waals surface area (Å²) in [4.78, 5) is 24.5. The molecule has 2 amide bonds. The fourth-order valence-electron chi connectivity index (χ4n) is 2.86. The number of benzene rings is 3. The maximum atomic E-state index is 13.8. The van der Waals surface area contributed by atoms with Gasteiger partial charge in [0.1, 0.15) is 10.7 Å². The lowest BCUT2D eigenvalue weighted by molar-refractivity contribution is -0.0156. The molecule has 6 nitrogen and oxygen atoms in total. The predicted octanol–water partition coefficient (Wildman–Crippen LogP) is 2.90. The molecule has 130 valence electrons. The molecule has 0 aromatic heterocycles. The van der Waals surface area contributed by atoms with Gasteiger partial charge in [-0.3, -0.25) is 9.59 Å². The van der Waals surface area contributed by atoms with Gasteiger partial charge >= 0.3 is 10.1 Å². The molecule has 3 aromatic rings. The average Bonchev–Trinajstić information content (AvgIpc) is 2.63. The summed E-state index contributed by atoms with van der Waals surface area (Å²) in [5.74, 6) is -2.91. The second kappa shape index (κ2) is 5.72. The van der Waals surface area contributed by atoms with Crippen molar-refractivity contribution in [2.45, 2.75) is 4.90 Å². The molecule has 0 atom stereocenters. The fraction of sp³-hybridized carbons (Fsp3) is 0. The number of hydrogen-bond acceptors (Lipinski definition) is 5. The van der Waals surface area contributed by atoms with E-state index in [0.29, 0.717) is 10.8 Å². The Labute approximate surface area is 147 Å². The van der Waals surface area contributed by atoms with Crippen molar-refractivity contribution in [3.05, 3.63) is 77.6 Å². The Morgan fingerprint density at radius 2 is 1.38 bits per heavy atom. The van der Waals surface area contributed by atoms with Crippen LogP contribution in [0.2, 0.25) is 0 Å². The van der Waals surface area contributed by atoms with Gasteiger partial charge in [-0.2, -0.15) is 8.42 Å². The smallest absolute Gasteiger partial charge is 0.266 e. The van der Waals surface area contributed by atoms with E-state index in [4.69, 9.17) is 4.28 Å². The average molecular weight is 371 g/mol. The first-order valence-corrected chi connectivity index (χ1v) is 8.90. The van der Waals surface area contributed by atoms with E-state index in [9.17, 15) is 22.4 Å². The first-order valence-electron chi connectivity index (χ1n) is 7.50. The number of hydroxylamine groups is 2. The largest absolute Gasteiger partial charge is 0.321 e. The molecule has 3 aromatic carbocycles. The zero-order chi connectivity index (χ0) is 18.5. The van der Waals surface area contributed by atoms with Crippen LogP contribution in [0.3, 0.4) is 0 Å². The summed E-state index contributed by atoms with van der Waals surface area (Å²) >= 11 is 0. The molecular formula is C18H10FNO5S. The molecule has 0 bridgehead atoms. The molecule has 0 aliphatic carbocycles. The van der Waals surface area contributed by atoms with Crippen LogP contribution in [0.25, 0.3) is 10.8 Å². The standard InChI is InChI=1S/C18H10FNO5S/c19-14-9-1-2-10-15(14)26(23,24)25-20-17(21)12-7-3-5-11-6-4-8-13(16(11)12)18(20)22/h1-10H. The fourth-order valence-corrected chi connectivity index (χ4v) is 3.83. The Hall–Kier alpha value is -3.10. The molecule has 1 aliphatic rings. The van der Waals surface area contributed by atoms with E-state index in [-0.39, 0.29) is 16.2 Å². The van der Waals surface area contributed by atoms with Gasteiger partial charge in [0.2, 0.25) is 0 Å². The molecule has 4 rings (SSSR count). The first-order chi connectivity index (χ1) is 12.4. The zero-order valence-electron chi connectivity index (χ0n) is 13.0. The molecule has 0 fully saturated rings. The van der Waals surface area contributed by atoms with Crippen molar-refractivity contribution in [2.24, 2.45) is 0 Å². The van der Waals surface area contributed by atoms with Crippen LogP contribution < -0.4 is 0 Å². The second-order valence-corrected chi connectivity index (χ2v) is 7.07. The highest BCUT2D eigenvalue weighted by atomic mass is 32.2. The number of rotatable bonds is 3. The van der Waals surface area contributed by atoms with Gasteiger partial charge in [0, 0.05) is 5.39 Å². The van der Waals surface area contributed by atoms with Crippen LogP contribution in [-0.4, -0.2) is 25.3 Å². The van der Waals surface area contributed by atoms with Crippen molar-refractivity contribution in [1.82, 2.24) is 5.06 Å². The minimum Gasteiger partial charge on any atom is -0.266 e. The van der Waals surface area contributed by atoms with Gasteiger partial charge in [-0.25, -0.2) is 4.39 Å². The number of amides is 2. The predicted molar refractivity (Wildman–Crippen MR) is 89.1 cm³/mol. The molecular weight excluding hydrogens is 361 g/mol. The lowest BCUT2D eigenvalue weighted by Crippen LogP contribution is -2.41. The summed E-state index contributed by atoms with van der Waals surface area (Å²) in [5, 5.41) is 1.24. The Bertz CT molecular complexity index is 1140. The maximum absolute atomic E-state index is 13.8. The highest BCUT2D eigenvalue weighted by Gasteiger charge is 2.38. The maximum Gasteiger partial charge on any atom is 0.321 e. The third kappa shape index (κ3) is 2.39. The highest BCUT2D eigenvalue weighted by Crippen LogP contribution is 2.31. The van der Waals surface area contributed by atoms with Gasteiger partial charge in [0.15, 0.2) is 0 Å². The molecule has 26 heavy (non-hydrogen) atoms. The van der Waals surface area contributed by atoms with Crippen LogP contribution >= 0.6 is 0 Å². The summed E-state index contributed by atoms with van der Waals surface area (Å²) in [5.41, 5.74) is 0.253. The number of hydrogen-bond donors (Lipinski definition) is 0. The Morgan fingerprint density at radius 3 is 1.96 bits per heavy atom. The van der Waals surface area contributed by atoms with E-state index >= 15 is 0 Å². The number of halogens is 1. The molecule has 0 spiro atoms. The normalized spacial score (nSPS) is 14.1. The zero-order valence-corrected chi connectivity index (χ0v) is 13.9. The van der Waals surface area contributed by atoms with Crippen molar-refractivity contribution < 1.29 is 26.7 Å². The molecule has 8 heteroatoms. The minimum atomic E-state index is -4.72. The van der Waals surface area contributed by atoms with E-state index < -0.39 is 32.6 Å². The van der Waals surface area contributed by atoms with Crippen molar-refractivity contribution in [3.63, 3.8) is 0 Å². The lowest BCUT2D eigenvalue weighted by Gasteiger charge is -2.25. The first kappa shape index (κ1) is 16.4. The van der Waals surface area contributed by atoms with E-state index in [1.807, 2.05) is 0 Å². The Morgan fingerprint density at radius 1 is 0.808 bits per heavy atom. The molecule has 0 unspecified atom stereocenters. The topological polar surface area (TPSA) is 80.8 Å². The summed E-state index contributed by atoms with van der Waals surface area (Å²) in [6.07, 6.45) is 0. The quantitative estimate of drug-likeness (QED) is 0.662. The SMILES string of the molecule is O=C1c2cccc3cccc(c23)C(=O)N1OS(=O)(=O)c1ccccc1F. The molecule has 0 saturated carbocycles. The van der Waals surface area contributed by atoms with Crippen molar-refractivity contribution in [1.29, 1.82) is 0 Å². The highest BCUT2D eigenvalue weighted by molar-refractivity contribution is 7.86. The van der Waals surface area contributed by atoms with Gasteiger partial charge in [0.25, 0.3) is 11.8 Å². The lowest BCUT2D eigenvalue weighted by atomic mass is 9.95. The number of carbonyl (C=O) groups is 2. The molecule has 1 aliphatic heterocycles. The molecule has 1 heterocycles. The van der Waals surface area contributed by atoms with Crippen LogP contribution in [-0.2, 0) is 14.4 Å². The Kier molecular flexibility index (Phi) is 3.60. The van der Waals surface area contributed by atoms with E-state index in [0.717, 1.165) is 12.1 Å². The van der Waals surface area contributed by atoms with Crippen LogP contribution in [0.15, 0.2) is 65.6 Å². The summed E-state index contributed by atoms with van der Waals surface area (Å²) < 4.78 is 43.3. The second-order valence-electron chi connectivity index (χ2n) is 5.57. The molecule has 0 radical (unpaired) electrons. The van der Waals surface area contributed by atoms with Crippen molar-refractivity contribution >= 4 is 32.7 Å². The molecule has 0 N–H and O–H groups in total. The summed E-state index contributed by atoms with van der Waals surface area (Å²) in [6, 6.07) is 14.1. The third-order valence-corrected chi connectivity index (χ3v) is 5.23. The Balaban J connectivity index is 1.81. The number of imide groups is 1. The minimum absolute atomic E-state index is 0.126. The van der Waals surface area contributed by atoms with Crippen LogP contribution in [0.5, 0.6) is 0 Å². The van der Waals surface area contributed by atoms with Gasteiger partial charge in [-0.05, 0) is 29.7 Å². The van der Waals surface area contributed by atoms with Crippen molar-refractivity contribution in [2.75, 3.05) is 0 Å². The number of nitrogens with zero attached hydrogens (tertiary/aromatic N) is 1. The van der Waals surface area contributed by atoms with Gasteiger partial charge in [0.05, 0.1) is 11.1 Å². The number of carbonyl (C=O) groups excluding carboxylic acids is 2. The summed E-state index contributed by atoms with van der Waals surface area (Å²) in [6.45, 7) is 0. The van der Waals surface area contributed by atoms with E-state index in [1.165, 1.54) is 24.3 Å².